The first-order valence-electron chi connectivity index (χ1n) is 4.61. The standard InChI is InChI=1S/C11H12BrN3/c1-15(2)11-7-4-3-5-9(13)10(7)8(12)6-14-11/h3-6H,13H2,1-2H3. The van der Waals surface area contributed by atoms with E-state index in [4.69, 9.17) is 5.73 Å². The van der Waals surface area contributed by atoms with Crippen LogP contribution in [0.1, 0.15) is 0 Å². The highest BCUT2D eigenvalue weighted by Crippen LogP contribution is 2.33. The Kier molecular flexibility index (Phi) is 2.52. The zero-order valence-corrected chi connectivity index (χ0v) is 10.2. The number of anilines is 2. The molecule has 0 bridgehead atoms. The van der Waals surface area contributed by atoms with Crippen LogP contribution in [0, 0.1) is 0 Å². The molecule has 2 rings (SSSR count). The Labute approximate surface area is 97.0 Å². The SMILES string of the molecule is CN(C)c1ncc(Br)c2c(N)cccc12. The fraction of sp³-hybridized carbons (Fsp3) is 0.182. The van der Waals surface area contributed by atoms with Crippen LogP contribution >= 0.6 is 15.9 Å². The van der Waals surface area contributed by atoms with Gasteiger partial charge in [0, 0.05) is 41.2 Å². The molecule has 0 saturated heterocycles. The third-order valence-corrected chi connectivity index (χ3v) is 2.90. The van der Waals surface area contributed by atoms with E-state index in [0.29, 0.717) is 0 Å². The van der Waals surface area contributed by atoms with Crippen LogP contribution in [0.15, 0.2) is 28.9 Å². The second-order valence-electron chi connectivity index (χ2n) is 3.59. The maximum absolute atomic E-state index is 5.95. The molecule has 0 fully saturated rings. The van der Waals surface area contributed by atoms with E-state index in [9.17, 15) is 0 Å². The number of aromatic nitrogens is 1. The third-order valence-electron chi connectivity index (χ3n) is 2.30. The van der Waals surface area contributed by atoms with Crippen LogP contribution in [0.5, 0.6) is 0 Å². The van der Waals surface area contributed by atoms with Gasteiger partial charge in [-0.1, -0.05) is 12.1 Å². The average molecular weight is 266 g/mol. The number of nitrogens with two attached hydrogens (primary N) is 1. The highest BCUT2D eigenvalue weighted by Gasteiger charge is 2.09. The summed E-state index contributed by atoms with van der Waals surface area (Å²) in [7, 11) is 3.94. The number of halogens is 1. The van der Waals surface area contributed by atoms with E-state index in [1.165, 1.54) is 0 Å². The number of hydrogen-bond donors (Lipinski definition) is 1. The molecule has 0 saturated carbocycles. The van der Waals surface area contributed by atoms with Crippen LogP contribution in [-0.4, -0.2) is 19.1 Å². The Morgan fingerprint density at radius 3 is 2.73 bits per heavy atom. The van der Waals surface area contributed by atoms with Crippen molar-refractivity contribution in [1.82, 2.24) is 4.98 Å². The molecule has 0 unspecified atom stereocenters. The quantitative estimate of drug-likeness (QED) is 0.807. The number of pyridine rings is 1. The minimum Gasteiger partial charge on any atom is -0.398 e. The van der Waals surface area contributed by atoms with Gasteiger partial charge in [-0.15, -0.1) is 0 Å². The lowest BCUT2D eigenvalue weighted by atomic mass is 10.1. The summed E-state index contributed by atoms with van der Waals surface area (Å²) in [5, 5.41) is 2.09. The predicted octanol–water partition coefficient (Wildman–Crippen LogP) is 2.65. The molecule has 3 nitrogen and oxygen atoms in total. The molecular weight excluding hydrogens is 254 g/mol. The maximum Gasteiger partial charge on any atom is 0.136 e. The summed E-state index contributed by atoms with van der Waals surface area (Å²) in [6, 6.07) is 5.87. The molecule has 0 aliphatic rings. The molecule has 0 radical (unpaired) electrons. The smallest absolute Gasteiger partial charge is 0.136 e. The summed E-state index contributed by atoms with van der Waals surface area (Å²) >= 11 is 3.47. The first kappa shape index (κ1) is 10.2. The number of nitrogen functional groups attached to an aromatic ring is 1. The van der Waals surface area contributed by atoms with Gasteiger partial charge in [-0.05, 0) is 22.0 Å². The van der Waals surface area contributed by atoms with Gasteiger partial charge in [0.05, 0.1) is 0 Å². The molecule has 1 aromatic carbocycles. The van der Waals surface area contributed by atoms with E-state index in [1.54, 1.807) is 6.20 Å². The van der Waals surface area contributed by atoms with Crippen molar-refractivity contribution in [1.29, 1.82) is 0 Å². The molecule has 0 aliphatic carbocycles. The molecule has 15 heavy (non-hydrogen) atoms. The summed E-state index contributed by atoms with van der Waals surface area (Å²) in [4.78, 5) is 6.35. The molecule has 0 atom stereocenters. The second-order valence-corrected chi connectivity index (χ2v) is 4.45. The van der Waals surface area contributed by atoms with Crippen LogP contribution in [-0.2, 0) is 0 Å². The van der Waals surface area contributed by atoms with Gasteiger partial charge in [0.25, 0.3) is 0 Å². The van der Waals surface area contributed by atoms with E-state index in [2.05, 4.69) is 20.9 Å². The van der Waals surface area contributed by atoms with Gasteiger partial charge in [0.15, 0.2) is 0 Å². The summed E-state index contributed by atoms with van der Waals surface area (Å²) in [5.41, 5.74) is 6.72. The lowest BCUT2D eigenvalue weighted by Crippen LogP contribution is -2.11. The van der Waals surface area contributed by atoms with Crippen molar-refractivity contribution >= 4 is 38.2 Å². The van der Waals surface area contributed by atoms with E-state index >= 15 is 0 Å². The van der Waals surface area contributed by atoms with Gasteiger partial charge in [0.1, 0.15) is 5.82 Å². The topological polar surface area (TPSA) is 42.2 Å². The Morgan fingerprint density at radius 2 is 2.07 bits per heavy atom. The minimum absolute atomic E-state index is 0.768. The zero-order valence-electron chi connectivity index (χ0n) is 8.66. The molecule has 78 valence electrons. The monoisotopic (exact) mass is 265 g/mol. The van der Waals surface area contributed by atoms with Crippen LogP contribution in [0.25, 0.3) is 10.8 Å². The number of fused-ring (bicyclic) bond motifs is 1. The number of nitrogens with zero attached hydrogens (tertiary/aromatic N) is 2. The van der Waals surface area contributed by atoms with Crippen molar-refractivity contribution in [3.8, 4) is 0 Å². The van der Waals surface area contributed by atoms with Crippen molar-refractivity contribution in [2.45, 2.75) is 0 Å². The van der Waals surface area contributed by atoms with E-state index < -0.39 is 0 Å². The Morgan fingerprint density at radius 1 is 1.33 bits per heavy atom. The van der Waals surface area contributed by atoms with Gasteiger partial charge in [-0.25, -0.2) is 4.98 Å². The lowest BCUT2D eigenvalue weighted by Gasteiger charge is -2.15. The molecule has 0 spiro atoms. The van der Waals surface area contributed by atoms with E-state index in [0.717, 1.165) is 26.8 Å². The molecule has 1 aromatic heterocycles. The van der Waals surface area contributed by atoms with E-state index in [1.807, 2.05) is 37.2 Å². The first-order valence-corrected chi connectivity index (χ1v) is 5.40. The maximum atomic E-state index is 5.95. The van der Waals surface area contributed by atoms with Crippen molar-refractivity contribution < 1.29 is 0 Å². The van der Waals surface area contributed by atoms with Crippen LogP contribution in [0.4, 0.5) is 11.5 Å². The minimum atomic E-state index is 0.768. The van der Waals surface area contributed by atoms with Crippen molar-refractivity contribution in [2.75, 3.05) is 24.7 Å². The predicted molar refractivity (Wildman–Crippen MR) is 68.2 cm³/mol. The molecule has 1 heterocycles. The largest absolute Gasteiger partial charge is 0.398 e. The average Bonchev–Trinajstić information content (AvgIpc) is 2.17. The zero-order chi connectivity index (χ0) is 11.0. The van der Waals surface area contributed by atoms with Gasteiger partial charge in [0.2, 0.25) is 0 Å². The van der Waals surface area contributed by atoms with E-state index in [-0.39, 0.29) is 0 Å². The van der Waals surface area contributed by atoms with Crippen LogP contribution < -0.4 is 10.6 Å². The summed E-state index contributed by atoms with van der Waals surface area (Å²) in [5.74, 6) is 0.931. The Bertz CT molecular complexity index is 500. The van der Waals surface area contributed by atoms with Crippen LogP contribution in [0.2, 0.25) is 0 Å². The summed E-state index contributed by atoms with van der Waals surface area (Å²) in [6.07, 6.45) is 1.79. The Balaban J connectivity index is 2.89. The van der Waals surface area contributed by atoms with Gasteiger partial charge >= 0.3 is 0 Å². The Hall–Kier alpha value is -1.29. The van der Waals surface area contributed by atoms with Crippen molar-refractivity contribution in [3.05, 3.63) is 28.9 Å². The third kappa shape index (κ3) is 1.65. The van der Waals surface area contributed by atoms with Crippen molar-refractivity contribution in [3.63, 3.8) is 0 Å². The highest BCUT2D eigenvalue weighted by molar-refractivity contribution is 9.10. The normalized spacial score (nSPS) is 10.6. The molecule has 0 aliphatic heterocycles. The molecular formula is C11H12BrN3. The molecule has 0 amide bonds. The molecule has 2 aromatic rings. The summed E-state index contributed by atoms with van der Waals surface area (Å²) < 4.78 is 0.932. The molecule has 4 heteroatoms. The van der Waals surface area contributed by atoms with Gasteiger partial charge in [-0.2, -0.15) is 0 Å². The lowest BCUT2D eigenvalue weighted by molar-refractivity contribution is 1.08. The fourth-order valence-electron chi connectivity index (χ4n) is 1.63. The number of rotatable bonds is 1. The first-order chi connectivity index (χ1) is 7.11. The summed E-state index contributed by atoms with van der Waals surface area (Å²) in [6.45, 7) is 0. The van der Waals surface area contributed by atoms with Crippen LogP contribution in [0.3, 0.4) is 0 Å². The number of hydrogen-bond acceptors (Lipinski definition) is 3. The number of benzene rings is 1. The van der Waals surface area contributed by atoms with Crippen molar-refractivity contribution in [2.24, 2.45) is 0 Å². The highest BCUT2D eigenvalue weighted by atomic mass is 79.9. The van der Waals surface area contributed by atoms with Gasteiger partial charge in [-0.3, -0.25) is 0 Å². The second kappa shape index (κ2) is 3.70. The molecule has 2 N–H and O–H groups in total. The fourth-order valence-corrected chi connectivity index (χ4v) is 2.18. The van der Waals surface area contributed by atoms with Gasteiger partial charge < -0.3 is 10.6 Å².